The van der Waals surface area contributed by atoms with E-state index in [1.807, 2.05) is 0 Å². The van der Waals surface area contributed by atoms with Crippen LogP contribution in [0.15, 0.2) is 0 Å². The maximum Gasteiger partial charge on any atom is 0.0645 e. The van der Waals surface area contributed by atoms with Crippen LogP contribution in [0.1, 0.15) is 53.4 Å². The van der Waals surface area contributed by atoms with Crippen LogP contribution in [0.4, 0.5) is 0 Å². The molecule has 3 aliphatic rings. The quantitative estimate of drug-likeness (QED) is 0.636. The van der Waals surface area contributed by atoms with Crippen molar-refractivity contribution in [3.05, 3.63) is 0 Å². The van der Waals surface area contributed by atoms with Gasteiger partial charge in [0, 0.05) is 26.2 Å². The van der Waals surface area contributed by atoms with Crippen molar-refractivity contribution in [1.82, 2.24) is 9.80 Å². The van der Waals surface area contributed by atoms with Crippen molar-refractivity contribution in [2.45, 2.75) is 65.5 Å². The van der Waals surface area contributed by atoms with Crippen LogP contribution in [0.25, 0.3) is 0 Å². The van der Waals surface area contributed by atoms with Gasteiger partial charge in [-0.15, -0.1) is 0 Å². The van der Waals surface area contributed by atoms with Gasteiger partial charge in [-0.25, -0.2) is 0 Å². The van der Waals surface area contributed by atoms with Crippen LogP contribution in [0.3, 0.4) is 0 Å². The minimum Gasteiger partial charge on any atom is -0.378 e. The van der Waals surface area contributed by atoms with Crippen LogP contribution in [-0.4, -0.2) is 74.5 Å². The molecule has 0 amide bonds. The van der Waals surface area contributed by atoms with Gasteiger partial charge in [0.15, 0.2) is 0 Å². The zero-order valence-electron chi connectivity index (χ0n) is 17.0. The van der Waals surface area contributed by atoms with E-state index < -0.39 is 0 Å². The predicted molar refractivity (Wildman–Crippen MR) is 103 cm³/mol. The minimum atomic E-state index is 0.359. The van der Waals surface area contributed by atoms with Crippen LogP contribution in [0.2, 0.25) is 0 Å². The van der Waals surface area contributed by atoms with Gasteiger partial charge in [-0.1, -0.05) is 13.8 Å². The Morgan fingerprint density at radius 3 is 2.44 bits per heavy atom. The third-order valence-corrected chi connectivity index (χ3v) is 6.26. The molecule has 1 atom stereocenters. The van der Waals surface area contributed by atoms with E-state index in [0.29, 0.717) is 11.5 Å². The summed E-state index contributed by atoms with van der Waals surface area (Å²) in [6.45, 7) is 18.3. The molecule has 0 saturated carbocycles. The average molecular weight is 353 g/mol. The number of nitrogens with zero attached hydrogens (tertiary/aromatic N) is 2. The molecular weight excluding hydrogens is 312 g/mol. The molecule has 3 aliphatic heterocycles. The van der Waals surface area contributed by atoms with Crippen molar-refractivity contribution >= 4 is 0 Å². The first-order valence-corrected chi connectivity index (χ1v) is 10.6. The fourth-order valence-electron chi connectivity index (χ4n) is 5.08. The SMILES string of the molecule is CC(C)OCCN1CC(CC(C)(C)CC2CCCN(C3COC3)C2)C1. The van der Waals surface area contributed by atoms with Crippen molar-refractivity contribution in [3.8, 4) is 0 Å². The summed E-state index contributed by atoms with van der Waals surface area (Å²) in [5.41, 5.74) is 0.481. The molecule has 0 spiro atoms. The Bertz CT molecular complexity index is 403. The molecule has 0 radical (unpaired) electrons. The number of hydrogen-bond donors (Lipinski definition) is 0. The second kappa shape index (κ2) is 8.69. The summed E-state index contributed by atoms with van der Waals surface area (Å²) < 4.78 is 11.1. The molecule has 4 heteroatoms. The smallest absolute Gasteiger partial charge is 0.0645 e. The van der Waals surface area contributed by atoms with Gasteiger partial charge in [-0.05, 0) is 63.3 Å². The van der Waals surface area contributed by atoms with Gasteiger partial charge in [0.25, 0.3) is 0 Å². The lowest BCUT2D eigenvalue weighted by atomic mass is 9.73. The highest BCUT2D eigenvalue weighted by Gasteiger charge is 2.36. The Morgan fingerprint density at radius 1 is 1.08 bits per heavy atom. The zero-order valence-corrected chi connectivity index (χ0v) is 17.0. The summed E-state index contributed by atoms with van der Waals surface area (Å²) in [6.07, 6.45) is 5.94. The van der Waals surface area contributed by atoms with Crippen molar-refractivity contribution in [1.29, 1.82) is 0 Å². The standard InChI is InChI=1S/C21H40N2O2/c1-17(2)25-9-8-22-12-19(13-22)11-21(3,4)10-18-6-5-7-23(14-18)20-15-24-16-20/h17-20H,5-16H2,1-4H3. The van der Waals surface area contributed by atoms with Gasteiger partial charge in [0.05, 0.1) is 32.0 Å². The third kappa shape index (κ3) is 5.92. The third-order valence-electron chi connectivity index (χ3n) is 6.26. The predicted octanol–water partition coefficient (Wildman–Crippen LogP) is 3.26. The molecule has 0 aromatic rings. The summed E-state index contributed by atoms with van der Waals surface area (Å²) in [5.74, 6) is 1.79. The summed E-state index contributed by atoms with van der Waals surface area (Å²) >= 11 is 0. The number of piperidine rings is 1. The molecular formula is C21H40N2O2. The Labute approximate surface area is 155 Å². The molecule has 146 valence electrons. The maximum atomic E-state index is 5.67. The molecule has 1 unspecified atom stereocenters. The molecule has 3 fully saturated rings. The van der Waals surface area contributed by atoms with Gasteiger partial charge in [-0.3, -0.25) is 4.90 Å². The van der Waals surface area contributed by atoms with E-state index in [1.54, 1.807) is 0 Å². The first-order valence-electron chi connectivity index (χ1n) is 10.6. The van der Waals surface area contributed by atoms with Crippen LogP contribution in [0.5, 0.6) is 0 Å². The van der Waals surface area contributed by atoms with E-state index in [9.17, 15) is 0 Å². The Hall–Kier alpha value is -0.160. The van der Waals surface area contributed by atoms with E-state index in [4.69, 9.17) is 9.47 Å². The summed E-state index contributed by atoms with van der Waals surface area (Å²) in [7, 11) is 0. The summed E-state index contributed by atoms with van der Waals surface area (Å²) in [5, 5.41) is 0. The largest absolute Gasteiger partial charge is 0.378 e. The Balaban J connectivity index is 1.33. The molecule has 3 saturated heterocycles. The second-order valence-electron chi connectivity index (χ2n) is 9.81. The lowest BCUT2D eigenvalue weighted by Crippen LogP contribution is -2.53. The number of likely N-dealkylation sites (tertiary alicyclic amines) is 2. The van der Waals surface area contributed by atoms with Gasteiger partial charge in [0.1, 0.15) is 0 Å². The van der Waals surface area contributed by atoms with Crippen LogP contribution in [0, 0.1) is 17.3 Å². The normalized spacial score (nSPS) is 27.5. The van der Waals surface area contributed by atoms with Crippen LogP contribution in [-0.2, 0) is 9.47 Å². The van der Waals surface area contributed by atoms with E-state index in [2.05, 4.69) is 37.5 Å². The van der Waals surface area contributed by atoms with Gasteiger partial charge < -0.3 is 14.4 Å². The lowest BCUT2D eigenvalue weighted by Gasteiger charge is -2.46. The van der Waals surface area contributed by atoms with Crippen molar-refractivity contribution < 1.29 is 9.47 Å². The minimum absolute atomic E-state index is 0.359. The van der Waals surface area contributed by atoms with E-state index in [0.717, 1.165) is 44.2 Å². The van der Waals surface area contributed by atoms with Crippen molar-refractivity contribution in [2.24, 2.45) is 17.3 Å². The van der Waals surface area contributed by atoms with E-state index >= 15 is 0 Å². The van der Waals surface area contributed by atoms with Gasteiger partial charge >= 0.3 is 0 Å². The zero-order chi connectivity index (χ0) is 17.9. The molecule has 4 nitrogen and oxygen atoms in total. The monoisotopic (exact) mass is 352 g/mol. The topological polar surface area (TPSA) is 24.9 Å². The van der Waals surface area contributed by atoms with Crippen molar-refractivity contribution in [3.63, 3.8) is 0 Å². The summed E-state index contributed by atoms with van der Waals surface area (Å²) in [6, 6.07) is 0.721. The molecule has 0 N–H and O–H groups in total. The fraction of sp³-hybridized carbons (Fsp3) is 1.00. The first kappa shape index (κ1) is 19.6. The fourth-order valence-corrected chi connectivity index (χ4v) is 5.08. The Morgan fingerprint density at radius 2 is 1.80 bits per heavy atom. The molecule has 0 aliphatic carbocycles. The van der Waals surface area contributed by atoms with E-state index in [-0.39, 0.29) is 0 Å². The summed E-state index contributed by atoms with van der Waals surface area (Å²) in [4.78, 5) is 5.26. The average Bonchev–Trinajstić information content (AvgIpc) is 2.42. The number of ether oxygens (including phenoxy) is 2. The molecule has 25 heavy (non-hydrogen) atoms. The highest BCUT2D eigenvalue weighted by molar-refractivity contribution is 4.88. The molecule has 0 bridgehead atoms. The number of hydrogen-bond acceptors (Lipinski definition) is 4. The van der Waals surface area contributed by atoms with Gasteiger partial charge in [0.2, 0.25) is 0 Å². The molecule has 3 rings (SSSR count). The number of rotatable bonds is 9. The van der Waals surface area contributed by atoms with Crippen LogP contribution >= 0.6 is 0 Å². The Kier molecular flexibility index (Phi) is 6.81. The maximum absolute atomic E-state index is 5.67. The second-order valence-corrected chi connectivity index (χ2v) is 9.81. The molecule has 3 heterocycles. The van der Waals surface area contributed by atoms with Gasteiger partial charge in [-0.2, -0.15) is 0 Å². The highest BCUT2D eigenvalue weighted by atomic mass is 16.5. The van der Waals surface area contributed by atoms with Crippen molar-refractivity contribution in [2.75, 3.05) is 52.5 Å². The lowest BCUT2D eigenvalue weighted by molar-refractivity contribution is -0.0789. The van der Waals surface area contributed by atoms with Crippen LogP contribution < -0.4 is 0 Å². The highest BCUT2D eigenvalue weighted by Crippen LogP contribution is 2.38. The van der Waals surface area contributed by atoms with E-state index in [1.165, 1.54) is 51.9 Å². The molecule has 0 aromatic heterocycles. The first-order chi connectivity index (χ1) is 11.9. The molecule has 0 aromatic carbocycles.